The molecule has 0 radical (unpaired) electrons. The Labute approximate surface area is 123 Å². The molecule has 1 aromatic rings. The number of carbonyl (C=O) groups excluding carboxylic acids is 1. The Morgan fingerprint density at radius 1 is 1.24 bits per heavy atom. The summed E-state index contributed by atoms with van der Waals surface area (Å²) in [6.07, 6.45) is 3.84. The maximum absolute atomic E-state index is 14.0. The molecule has 114 valence electrons. The van der Waals surface area contributed by atoms with Gasteiger partial charge in [0, 0.05) is 19.2 Å². The molecule has 1 aromatic carbocycles. The molecule has 0 bridgehead atoms. The van der Waals surface area contributed by atoms with Crippen LogP contribution in [0, 0.1) is 5.82 Å². The standard InChI is InChI=1S/C16H20FNO3/c1-3-9-18(10-4-2)16(21)13-7-5-12(11-14(13)17)6-8-15(19)20/h5-8,11H,3-4,9-10H2,1-2H3,(H,19,20). The molecular formula is C16H20FNO3. The van der Waals surface area contributed by atoms with Crippen LogP contribution in [0.4, 0.5) is 4.39 Å². The normalized spacial score (nSPS) is 10.8. The Morgan fingerprint density at radius 3 is 2.33 bits per heavy atom. The Kier molecular flexibility index (Phi) is 6.59. The van der Waals surface area contributed by atoms with Crippen molar-refractivity contribution in [2.75, 3.05) is 13.1 Å². The first-order chi connectivity index (χ1) is 9.99. The average molecular weight is 293 g/mol. The lowest BCUT2D eigenvalue weighted by atomic mass is 10.1. The molecule has 1 amide bonds. The van der Waals surface area contributed by atoms with Crippen molar-refractivity contribution in [2.24, 2.45) is 0 Å². The summed E-state index contributed by atoms with van der Waals surface area (Å²) in [6.45, 7) is 5.11. The van der Waals surface area contributed by atoms with Crippen molar-refractivity contribution in [1.29, 1.82) is 0 Å². The Bertz CT molecular complexity index is 534. The van der Waals surface area contributed by atoms with Crippen LogP contribution in [0.1, 0.15) is 42.6 Å². The largest absolute Gasteiger partial charge is 0.478 e. The zero-order valence-corrected chi connectivity index (χ0v) is 12.3. The number of amides is 1. The highest BCUT2D eigenvalue weighted by Crippen LogP contribution is 2.15. The molecular weight excluding hydrogens is 273 g/mol. The fraction of sp³-hybridized carbons (Fsp3) is 0.375. The predicted octanol–water partition coefficient (Wildman–Crippen LogP) is 3.19. The van der Waals surface area contributed by atoms with Crippen LogP contribution in [-0.2, 0) is 4.79 Å². The second-order valence-corrected chi connectivity index (χ2v) is 4.70. The predicted molar refractivity (Wildman–Crippen MR) is 79.6 cm³/mol. The monoisotopic (exact) mass is 293 g/mol. The van der Waals surface area contributed by atoms with Crippen molar-refractivity contribution < 1.29 is 19.1 Å². The van der Waals surface area contributed by atoms with Crippen LogP contribution in [0.15, 0.2) is 24.3 Å². The van der Waals surface area contributed by atoms with Gasteiger partial charge in [0.05, 0.1) is 5.56 Å². The number of carboxylic acid groups (broad SMARTS) is 1. The fourth-order valence-corrected chi connectivity index (χ4v) is 2.00. The molecule has 0 spiro atoms. The quantitative estimate of drug-likeness (QED) is 0.785. The third-order valence-electron chi connectivity index (χ3n) is 2.92. The summed E-state index contributed by atoms with van der Waals surface area (Å²) in [5, 5.41) is 8.54. The molecule has 0 atom stereocenters. The summed E-state index contributed by atoms with van der Waals surface area (Å²) in [5.41, 5.74) is 0.424. The number of carbonyl (C=O) groups is 2. The number of carboxylic acids is 1. The highest BCUT2D eigenvalue weighted by Gasteiger charge is 2.18. The summed E-state index contributed by atoms with van der Waals surface area (Å²) in [7, 11) is 0. The molecule has 0 saturated heterocycles. The highest BCUT2D eigenvalue weighted by molar-refractivity contribution is 5.95. The fourth-order valence-electron chi connectivity index (χ4n) is 2.00. The van der Waals surface area contributed by atoms with Crippen LogP contribution in [0.5, 0.6) is 0 Å². The van der Waals surface area contributed by atoms with Gasteiger partial charge in [0.25, 0.3) is 5.91 Å². The lowest BCUT2D eigenvalue weighted by molar-refractivity contribution is -0.131. The molecule has 0 saturated carbocycles. The van der Waals surface area contributed by atoms with E-state index in [1.54, 1.807) is 4.90 Å². The molecule has 0 unspecified atom stereocenters. The zero-order valence-electron chi connectivity index (χ0n) is 12.3. The van der Waals surface area contributed by atoms with Crippen LogP contribution in [0.25, 0.3) is 6.08 Å². The number of benzene rings is 1. The molecule has 1 N–H and O–H groups in total. The molecule has 4 nitrogen and oxygen atoms in total. The minimum Gasteiger partial charge on any atom is -0.478 e. The first-order valence-electron chi connectivity index (χ1n) is 6.99. The van der Waals surface area contributed by atoms with Gasteiger partial charge in [-0.3, -0.25) is 4.79 Å². The molecule has 0 aliphatic carbocycles. The third kappa shape index (κ3) is 5.02. The summed E-state index contributed by atoms with van der Waals surface area (Å²) >= 11 is 0. The number of nitrogens with zero attached hydrogens (tertiary/aromatic N) is 1. The minimum absolute atomic E-state index is 0.0179. The lowest BCUT2D eigenvalue weighted by Crippen LogP contribution is -2.33. The van der Waals surface area contributed by atoms with E-state index in [2.05, 4.69) is 0 Å². The van der Waals surface area contributed by atoms with E-state index in [0.717, 1.165) is 18.9 Å². The SMILES string of the molecule is CCCN(CCC)C(=O)c1ccc(C=CC(=O)O)cc1F. The van der Waals surface area contributed by atoms with Gasteiger partial charge in [0.2, 0.25) is 0 Å². The number of halogens is 1. The molecule has 1 rings (SSSR count). The van der Waals surface area contributed by atoms with Gasteiger partial charge in [-0.05, 0) is 36.6 Å². The summed E-state index contributed by atoms with van der Waals surface area (Å²) < 4.78 is 14.0. The maximum Gasteiger partial charge on any atom is 0.328 e. The number of rotatable bonds is 7. The van der Waals surface area contributed by atoms with Gasteiger partial charge in [-0.1, -0.05) is 19.9 Å². The summed E-state index contributed by atoms with van der Waals surface area (Å²) in [6, 6.07) is 4.10. The molecule has 5 heteroatoms. The average Bonchev–Trinajstić information content (AvgIpc) is 2.44. The second-order valence-electron chi connectivity index (χ2n) is 4.70. The Hall–Kier alpha value is -2.17. The van der Waals surface area contributed by atoms with E-state index in [0.29, 0.717) is 18.7 Å². The van der Waals surface area contributed by atoms with Gasteiger partial charge in [-0.25, -0.2) is 9.18 Å². The second kappa shape index (κ2) is 8.19. The third-order valence-corrected chi connectivity index (χ3v) is 2.92. The Balaban J connectivity index is 2.97. The first kappa shape index (κ1) is 16.9. The van der Waals surface area contributed by atoms with Gasteiger partial charge < -0.3 is 10.0 Å². The van der Waals surface area contributed by atoms with Crippen molar-refractivity contribution in [2.45, 2.75) is 26.7 Å². The van der Waals surface area contributed by atoms with Crippen molar-refractivity contribution in [1.82, 2.24) is 4.90 Å². The molecule has 21 heavy (non-hydrogen) atoms. The van der Waals surface area contributed by atoms with E-state index in [9.17, 15) is 14.0 Å². The molecule has 0 aliphatic heterocycles. The van der Waals surface area contributed by atoms with Crippen LogP contribution >= 0.6 is 0 Å². The smallest absolute Gasteiger partial charge is 0.328 e. The van der Waals surface area contributed by atoms with Gasteiger partial charge >= 0.3 is 5.97 Å². The zero-order chi connectivity index (χ0) is 15.8. The number of aliphatic carboxylic acids is 1. The van der Waals surface area contributed by atoms with Crippen LogP contribution in [0.2, 0.25) is 0 Å². The molecule has 0 aromatic heterocycles. The van der Waals surface area contributed by atoms with Crippen LogP contribution < -0.4 is 0 Å². The van der Waals surface area contributed by atoms with E-state index in [1.807, 2.05) is 13.8 Å². The van der Waals surface area contributed by atoms with E-state index in [1.165, 1.54) is 24.3 Å². The van der Waals surface area contributed by atoms with Gasteiger partial charge in [0.15, 0.2) is 0 Å². The van der Waals surface area contributed by atoms with E-state index in [4.69, 9.17) is 5.11 Å². The van der Waals surface area contributed by atoms with Gasteiger partial charge in [-0.2, -0.15) is 0 Å². The van der Waals surface area contributed by atoms with Gasteiger partial charge in [0.1, 0.15) is 5.82 Å². The van der Waals surface area contributed by atoms with Crippen molar-refractivity contribution in [3.05, 3.63) is 41.2 Å². The lowest BCUT2D eigenvalue weighted by Gasteiger charge is -2.21. The first-order valence-corrected chi connectivity index (χ1v) is 6.99. The number of hydrogen-bond donors (Lipinski definition) is 1. The van der Waals surface area contributed by atoms with Crippen molar-refractivity contribution in [3.63, 3.8) is 0 Å². The highest BCUT2D eigenvalue weighted by atomic mass is 19.1. The van der Waals surface area contributed by atoms with Crippen molar-refractivity contribution in [3.8, 4) is 0 Å². The summed E-state index contributed by atoms with van der Waals surface area (Å²) in [5.74, 6) is -2.07. The van der Waals surface area contributed by atoms with Crippen molar-refractivity contribution >= 4 is 18.0 Å². The van der Waals surface area contributed by atoms with E-state index in [-0.39, 0.29) is 11.5 Å². The molecule has 0 aliphatic rings. The van der Waals surface area contributed by atoms with Gasteiger partial charge in [-0.15, -0.1) is 0 Å². The number of hydrogen-bond acceptors (Lipinski definition) is 2. The van der Waals surface area contributed by atoms with E-state index >= 15 is 0 Å². The topological polar surface area (TPSA) is 57.6 Å². The van der Waals surface area contributed by atoms with Crippen LogP contribution in [0.3, 0.4) is 0 Å². The van der Waals surface area contributed by atoms with E-state index < -0.39 is 11.8 Å². The molecule has 0 fully saturated rings. The molecule has 0 heterocycles. The summed E-state index contributed by atoms with van der Waals surface area (Å²) in [4.78, 5) is 24.4. The van der Waals surface area contributed by atoms with Crippen LogP contribution in [-0.4, -0.2) is 35.0 Å². The Morgan fingerprint density at radius 2 is 1.86 bits per heavy atom. The maximum atomic E-state index is 14.0. The minimum atomic E-state index is -1.10.